The molecule has 2 aromatic carbocycles. The molecule has 2 nitrogen and oxygen atoms in total. The van der Waals surface area contributed by atoms with E-state index in [1.165, 1.54) is 16.7 Å². The fraction of sp³-hybridized carbons (Fsp3) is 0.278. The topological polar surface area (TPSA) is 26.3 Å². The van der Waals surface area contributed by atoms with Gasteiger partial charge in [-0.3, -0.25) is 4.79 Å². The first kappa shape index (κ1) is 13.0. The first-order chi connectivity index (χ1) is 10.2. The van der Waals surface area contributed by atoms with E-state index in [0.29, 0.717) is 0 Å². The van der Waals surface area contributed by atoms with E-state index in [0.717, 1.165) is 22.6 Å². The molecule has 0 saturated heterocycles. The third-order valence-corrected chi connectivity index (χ3v) is 5.81. The Balaban J connectivity index is 1.93. The summed E-state index contributed by atoms with van der Waals surface area (Å²) in [6.07, 6.45) is 0. The molecule has 2 aliphatic heterocycles. The molecule has 0 N–H and O–H groups in total. The van der Waals surface area contributed by atoms with Crippen molar-refractivity contribution in [3.8, 4) is 5.75 Å². The molecule has 0 saturated carbocycles. The van der Waals surface area contributed by atoms with Crippen molar-refractivity contribution in [3.63, 3.8) is 0 Å². The van der Waals surface area contributed by atoms with Crippen molar-refractivity contribution in [3.05, 3.63) is 64.2 Å². The second kappa shape index (κ2) is 4.63. The molecule has 0 aromatic heterocycles. The number of carbonyl (C=O) groups excluding carboxylic acids is 1. The van der Waals surface area contributed by atoms with Gasteiger partial charge in [-0.05, 0) is 36.1 Å². The molecule has 0 aliphatic carbocycles. The first-order valence-corrected chi connectivity index (χ1v) is 8.23. The zero-order chi connectivity index (χ0) is 14.6. The van der Waals surface area contributed by atoms with Crippen molar-refractivity contribution in [2.24, 2.45) is 0 Å². The zero-order valence-electron chi connectivity index (χ0n) is 12.1. The Labute approximate surface area is 128 Å². The third-order valence-electron chi connectivity index (χ3n) is 4.46. The molecular weight excluding hydrogens is 280 g/mol. The average Bonchev–Trinajstić information content (AvgIpc) is 2.50. The molecule has 0 unspecified atom stereocenters. The van der Waals surface area contributed by atoms with Gasteiger partial charge in [-0.1, -0.05) is 36.4 Å². The normalized spacial score (nSPS) is 22.9. The van der Waals surface area contributed by atoms with Gasteiger partial charge < -0.3 is 4.74 Å². The second-order valence-corrected chi connectivity index (χ2v) is 6.90. The Morgan fingerprint density at radius 3 is 2.71 bits per heavy atom. The van der Waals surface area contributed by atoms with Gasteiger partial charge in [0, 0.05) is 11.3 Å². The number of benzene rings is 2. The largest absolute Gasteiger partial charge is 0.425 e. The monoisotopic (exact) mass is 296 g/mol. The van der Waals surface area contributed by atoms with Crippen LogP contribution in [0.25, 0.3) is 0 Å². The van der Waals surface area contributed by atoms with Crippen LogP contribution in [0.15, 0.2) is 36.4 Å². The SMILES string of the molecule is Cc1ccc(C)c2c1OC(=O)[C@H]1c3ccccc3CS[C@@H]21. The van der Waals surface area contributed by atoms with E-state index in [1.54, 1.807) is 0 Å². The van der Waals surface area contributed by atoms with Gasteiger partial charge in [0.1, 0.15) is 5.75 Å². The van der Waals surface area contributed by atoms with Gasteiger partial charge in [-0.25, -0.2) is 0 Å². The van der Waals surface area contributed by atoms with Crippen LogP contribution in [0.4, 0.5) is 0 Å². The number of rotatable bonds is 0. The van der Waals surface area contributed by atoms with Crippen LogP contribution in [0.3, 0.4) is 0 Å². The number of fused-ring (bicyclic) bond motifs is 5. The molecule has 2 heterocycles. The Bertz CT molecular complexity index is 751. The fourth-order valence-electron chi connectivity index (χ4n) is 3.37. The molecule has 0 fully saturated rings. The van der Waals surface area contributed by atoms with Gasteiger partial charge >= 0.3 is 5.97 Å². The zero-order valence-corrected chi connectivity index (χ0v) is 12.9. The molecule has 106 valence electrons. The molecule has 0 amide bonds. The summed E-state index contributed by atoms with van der Waals surface area (Å²) in [5, 5.41) is 0.177. The highest BCUT2D eigenvalue weighted by molar-refractivity contribution is 7.98. The van der Waals surface area contributed by atoms with Gasteiger partial charge in [0.25, 0.3) is 0 Å². The van der Waals surface area contributed by atoms with Crippen molar-refractivity contribution < 1.29 is 9.53 Å². The van der Waals surface area contributed by atoms with Crippen molar-refractivity contribution in [2.75, 3.05) is 0 Å². The maximum absolute atomic E-state index is 12.6. The minimum atomic E-state index is -0.173. The quantitative estimate of drug-likeness (QED) is 0.536. The highest BCUT2D eigenvalue weighted by Gasteiger charge is 2.43. The molecule has 0 radical (unpaired) electrons. The third kappa shape index (κ3) is 1.84. The lowest BCUT2D eigenvalue weighted by Crippen LogP contribution is -2.32. The number of ether oxygens (including phenoxy) is 1. The second-order valence-electron chi connectivity index (χ2n) is 5.77. The summed E-state index contributed by atoms with van der Waals surface area (Å²) >= 11 is 1.86. The van der Waals surface area contributed by atoms with Crippen molar-refractivity contribution in [2.45, 2.75) is 30.8 Å². The predicted octanol–water partition coefficient (Wildman–Crippen LogP) is 4.29. The molecule has 4 rings (SSSR count). The van der Waals surface area contributed by atoms with E-state index < -0.39 is 0 Å². The van der Waals surface area contributed by atoms with Gasteiger partial charge in [0.2, 0.25) is 0 Å². The predicted molar refractivity (Wildman–Crippen MR) is 84.8 cm³/mol. The molecule has 2 aliphatic rings. The van der Waals surface area contributed by atoms with E-state index >= 15 is 0 Å². The van der Waals surface area contributed by atoms with Crippen LogP contribution in [0, 0.1) is 13.8 Å². The number of aryl methyl sites for hydroxylation is 2. The number of hydrogen-bond acceptors (Lipinski definition) is 3. The number of thioether (sulfide) groups is 1. The first-order valence-electron chi connectivity index (χ1n) is 7.18. The van der Waals surface area contributed by atoms with Crippen LogP contribution in [0.5, 0.6) is 5.75 Å². The summed E-state index contributed by atoms with van der Waals surface area (Å²) < 4.78 is 5.72. The van der Waals surface area contributed by atoms with Crippen molar-refractivity contribution in [1.82, 2.24) is 0 Å². The molecule has 2 aromatic rings. The lowest BCUT2D eigenvalue weighted by atomic mass is 9.84. The van der Waals surface area contributed by atoms with Gasteiger partial charge in [0.15, 0.2) is 0 Å². The Morgan fingerprint density at radius 1 is 1.10 bits per heavy atom. The highest BCUT2D eigenvalue weighted by Crippen LogP contribution is 2.55. The molecule has 0 spiro atoms. The van der Waals surface area contributed by atoms with E-state index in [2.05, 4.69) is 25.1 Å². The Kier molecular flexibility index (Phi) is 2.86. The van der Waals surface area contributed by atoms with Gasteiger partial charge in [-0.15, -0.1) is 11.8 Å². The van der Waals surface area contributed by atoms with Gasteiger partial charge in [-0.2, -0.15) is 0 Å². The van der Waals surface area contributed by atoms with Gasteiger partial charge in [0.05, 0.1) is 11.2 Å². The molecule has 21 heavy (non-hydrogen) atoms. The summed E-state index contributed by atoms with van der Waals surface area (Å²) in [6, 6.07) is 12.4. The average molecular weight is 296 g/mol. The van der Waals surface area contributed by atoms with E-state index in [4.69, 9.17) is 4.74 Å². The number of carbonyl (C=O) groups is 1. The van der Waals surface area contributed by atoms with Crippen molar-refractivity contribution >= 4 is 17.7 Å². The van der Waals surface area contributed by atoms with E-state index in [-0.39, 0.29) is 17.1 Å². The summed E-state index contributed by atoms with van der Waals surface area (Å²) in [5.41, 5.74) is 5.86. The molecular formula is C18H16O2S. The minimum absolute atomic E-state index is 0.110. The van der Waals surface area contributed by atoms with Crippen molar-refractivity contribution in [1.29, 1.82) is 0 Å². The van der Waals surface area contributed by atoms with Crippen LogP contribution >= 0.6 is 11.8 Å². The maximum atomic E-state index is 12.6. The molecule has 0 bridgehead atoms. The molecule has 3 heteroatoms. The summed E-state index contributed by atoms with van der Waals surface area (Å²) in [4.78, 5) is 12.6. The Morgan fingerprint density at radius 2 is 1.86 bits per heavy atom. The Hall–Kier alpha value is -1.74. The van der Waals surface area contributed by atoms with Crippen LogP contribution in [0.2, 0.25) is 0 Å². The fourth-order valence-corrected chi connectivity index (χ4v) is 4.90. The standard InChI is InChI=1S/C18H16O2S/c1-10-7-8-11(2)16-14(10)17-15(18(19)20-16)13-6-4-3-5-12(13)9-21-17/h3-8,15,17H,9H2,1-2H3/t15-,17-/m0/s1. The van der Waals surface area contributed by atoms with Crippen LogP contribution in [0.1, 0.15) is 39.0 Å². The van der Waals surface area contributed by atoms with Crippen LogP contribution in [-0.2, 0) is 10.5 Å². The maximum Gasteiger partial charge on any atom is 0.320 e. The summed E-state index contributed by atoms with van der Waals surface area (Å²) in [7, 11) is 0. The van der Waals surface area contributed by atoms with E-state index in [9.17, 15) is 4.79 Å². The van der Waals surface area contributed by atoms with E-state index in [1.807, 2.05) is 36.9 Å². The lowest BCUT2D eigenvalue weighted by Gasteiger charge is -2.37. The number of hydrogen-bond donors (Lipinski definition) is 0. The minimum Gasteiger partial charge on any atom is -0.425 e. The van der Waals surface area contributed by atoms with Crippen LogP contribution in [-0.4, -0.2) is 5.97 Å². The summed E-state index contributed by atoms with van der Waals surface area (Å²) in [6.45, 7) is 4.11. The van der Waals surface area contributed by atoms with Crippen LogP contribution < -0.4 is 4.74 Å². The smallest absolute Gasteiger partial charge is 0.320 e. The summed E-state index contributed by atoms with van der Waals surface area (Å²) in [5.74, 6) is 1.46. The number of esters is 1. The lowest BCUT2D eigenvalue weighted by molar-refractivity contribution is -0.137. The highest BCUT2D eigenvalue weighted by atomic mass is 32.2. The molecule has 2 atom stereocenters.